The van der Waals surface area contributed by atoms with Crippen LogP contribution in [0.2, 0.25) is 0 Å². The highest BCUT2D eigenvalue weighted by atomic mass is 19.1. The molecule has 0 heterocycles. The molecular formula is C5H8F. The van der Waals surface area contributed by atoms with Crippen LogP contribution in [0.4, 0.5) is 4.39 Å². The number of hydrogen-bond acceptors (Lipinski definition) is 0. The van der Waals surface area contributed by atoms with E-state index in [1.165, 1.54) is 0 Å². The summed E-state index contributed by atoms with van der Waals surface area (Å²) in [7, 11) is 0. The number of allylic oxidation sites excluding steroid dienone is 2. The fourth-order valence-corrected chi connectivity index (χ4v) is 0.181. The Bertz CT molecular complexity index is 39.2. The van der Waals surface area contributed by atoms with Crippen molar-refractivity contribution < 1.29 is 4.39 Å². The Morgan fingerprint density at radius 2 is 2.33 bits per heavy atom. The Labute approximate surface area is 37.7 Å². The van der Waals surface area contributed by atoms with Crippen LogP contribution < -0.4 is 0 Å². The van der Waals surface area contributed by atoms with E-state index in [2.05, 4.69) is 6.92 Å². The molecule has 0 fully saturated rings. The molecule has 1 heteroatoms. The molecule has 1 radical (unpaired) electrons. The maximum Gasteiger partial charge on any atom is 0.0928 e. The lowest BCUT2D eigenvalue weighted by Gasteiger charge is -1.73. The van der Waals surface area contributed by atoms with Gasteiger partial charge in [-0.05, 0) is 13.3 Å². The molecule has 0 aliphatic heterocycles. The van der Waals surface area contributed by atoms with Gasteiger partial charge in [0.15, 0.2) is 0 Å². The van der Waals surface area contributed by atoms with Gasteiger partial charge in [0.2, 0.25) is 0 Å². The normalized spacial score (nSPS) is 10.3. The Kier molecular flexibility index (Phi) is 4.41. The third-order valence-electron chi connectivity index (χ3n) is 0.442. The van der Waals surface area contributed by atoms with Crippen LogP contribution in [-0.4, -0.2) is 6.67 Å². The highest BCUT2D eigenvalue weighted by molar-refractivity contribution is 4.82. The molecule has 0 bridgehead atoms. The first-order valence-electron chi connectivity index (χ1n) is 1.92. The summed E-state index contributed by atoms with van der Waals surface area (Å²) in [5.41, 5.74) is 0. The molecule has 0 nitrogen and oxygen atoms in total. The first-order chi connectivity index (χ1) is 2.91. The second-order valence-corrected chi connectivity index (χ2v) is 0.949. The van der Waals surface area contributed by atoms with E-state index in [1.54, 1.807) is 12.2 Å². The van der Waals surface area contributed by atoms with Gasteiger partial charge in [-0.1, -0.05) is 12.2 Å². The van der Waals surface area contributed by atoms with Crippen LogP contribution in [-0.2, 0) is 0 Å². The molecule has 0 aromatic heterocycles. The highest BCUT2D eigenvalue weighted by Gasteiger charge is 1.68. The standard InChI is InChI=1S/C5H8F/c1-2-3-4-5-6/h2-3H,1,4-5H2. The van der Waals surface area contributed by atoms with Gasteiger partial charge in [-0.2, -0.15) is 0 Å². The van der Waals surface area contributed by atoms with Crippen molar-refractivity contribution in [3.63, 3.8) is 0 Å². The van der Waals surface area contributed by atoms with Gasteiger partial charge in [0.25, 0.3) is 0 Å². The van der Waals surface area contributed by atoms with E-state index >= 15 is 0 Å². The topological polar surface area (TPSA) is 0 Å². The molecule has 0 spiro atoms. The zero-order chi connectivity index (χ0) is 4.83. The monoisotopic (exact) mass is 87.1 g/mol. The average Bonchev–Trinajstić information content (AvgIpc) is 1.61. The van der Waals surface area contributed by atoms with Gasteiger partial charge in [0, 0.05) is 0 Å². The summed E-state index contributed by atoms with van der Waals surface area (Å²) < 4.78 is 11.1. The molecule has 6 heavy (non-hydrogen) atoms. The van der Waals surface area contributed by atoms with Crippen LogP contribution in [0.25, 0.3) is 0 Å². The molecule has 0 aromatic carbocycles. The Hall–Kier alpha value is -0.330. The molecule has 0 aliphatic carbocycles. The second-order valence-electron chi connectivity index (χ2n) is 0.949. The molecule has 0 aromatic rings. The van der Waals surface area contributed by atoms with Crippen LogP contribution in [0.1, 0.15) is 6.42 Å². The summed E-state index contributed by atoms with van der Waals surface area (Å²) >= 11 is 0. The van der Waals surface area contributed by atoms with Crippen molar-refractivity contribution in [2.75, 3.05) is 6.67 Å². The SMILES string of the molecule is [CH2]C=CCCF. The lowest BCUT2D eigenvalue weighted by Crippen LogP contribution is -1.64. The van der Waals surface area contributed by atoms with E-state index < -0.39 is 0 Å². The average molecular weight is 87.1 g/mol. The number of hydrogen-bond donors (Lipinski definition) is 0. The van der Waals surface area contributed by atoms with Crippen LogP contribution in [0.3, 0.4) is 0 Å². The first kappa shape index (κ1) is 5.67. The van der Waals surface area contributed by atoms with Crippen LogP contribution in [0.5, 0.6) is 0 Å². The molecular weight excluding hydrogens is 79.1 g/mol. The van der Waals surface area contributed by atoms with E-state index in [4.69, 9.17) is 0 Å². The fraction of sp³-hybridized carbons (Fsp3) is 0.400. The number of alkyl halides is 1. The molecule has 0 atom stereocenters. The maximum atomic E-state index is 11.1. The number of rotatable bonds is 2. The fourth-order valence-electron chi connectivity index (χ4n) is 0.181. The summed E-state index contributed by atoms with van der Waals surface area (Å²) in [6.07, 6.45) is 3.79. The zero-order valence-electron chi connectivity index (χ0n) is 3.65. The molecule has 0 aliphatic rings. The van der Waals surface area contributed by atoms with Gasteiger partial charge in [-0.15, -0.1) is 0 Å². The minimum Gasteiger partial charge on any atom is -0.251 e. The largest absolute Gasteiger partial charge is 0.251 e. The van der Waals surface area contributed by atoms with E-state index in [9.17, 15) is 4.39 Å². The molecule has 35 valence electrons. The minimum absolute atomic E-state index is 0.272. The van der Waals surface area contributed by atoms with Gasteiger partial charge in [-0.25, -0.2) is 0 Å². The smallest absolute Gasteiger partial charge is 0.0928 e. The van der Waals surface area contributed by atoms with E-state index in [0.29, 0.717) is 6.42 Å². The third-order valence-corrected chi connectivity index (χ3v) is 0.442. The van der Waals surface area contributed by atoms with Crippen LogP contribution in [0.15, 0.2) is 12.2 Å². The van der Waals surface area contributed by atoms with Gasteiger partial charge < -0.3 is 0 Å². The zero-order valence-corrected chi connectivity index (χ0v) is 3.65. The van der Waals surface area contributed by atoms with Crippen molar-refractivity contribution in [2.45, 2.75) is 6.42 Å². The van der Waals surface area contributed by atoms with Crippen molar-refractivity contribution in [3.8, 4) is 0 Å². The molecule has 0 N–H and O–H groups in total. The molecule has 0 saturated heterocycles. The lowest BCUT2D eigenvalue weighted by atomic mass is 10.4. The Balaban J connectivity index is 2.66. The number of halogens is 1. The predicted octanol–water partition coefficient (Wildman–Crippen LogP) is 1.74. The molecule has 0 amide bonds. The highest BCUT2D eigenvalue weighted by Crippen LogP contribution is 1.80. The Morgan fingerprint density at radius 1 is 1.67 bits per heavy atom. The van der Waals surface area contributed by atoms with Crippen molar-refractivity contribution in [2.24, 2.45) is 0 Å². The van der Waals surface area contributed by atoms with Crippen molar-refractivity contribution in [1.29, 1.82) is 0 Å². The van der Waals surface area contributed by atoms with Crippen LogP contribution in [0, 0.1) is 6.92 Å². The predicted molar refractivity (Wildman–Crippen MR) is 25.1 cm³/mol. The summed E-state index contributed by atoms with van der Waals surface area (Å²) in [4.78, 5) is 0. The van der Waals surface area contributed by atoms with Crippen molar-refractivity contribution >= 4 is 0 Å². The Morgan fingerprint density at radius 3 is 2.50 bits per heavy atom. The summed E-state index contributed by atoms with van der Waals surface area (Å²) in [6.45, 7) is 3.10. The van der Waals surface area contributed by atoms with Crippen molar-refractivity contribution in [3.05, 3.63) is 19.1 Å². The van der Waals surface area contributed by atoms with Crippen molar-refractivity contribution in [1.82, 2.24) is 0 Å². The van der Waals surface area contributed by atoms with Crippen LogP contribution >= 0.6 is 0 Å². The van der Waals surface area contributed by atoms with Gasteiger partial charge in [0.1, 0.15) is 0 Å². The minimum atomic E-state index is -0.272. The maximum absolute atomic E-state index is 11.1. The second kappa shape index (κ2) is 4.67. The van der Waals surface area contributed by atoms with E-state index in [-0.39, 0.29) is 6.67 Å². The third kappa shape index (κ3) is 3.67. The summed E-state index contributed by atoms with van der Waals surface area (Å²) in [5.74, 6) is 0. The van der Waals surface area contributed by atoms with Gasteiger partial charge in [0.05, 0.1) is 6.67 Å². The quantitative estimate of drug-likeness (QED) is 0.481. The lowest BCUT2D eigenvalue weighted by molar-refractivity contribution is 0.501. The summed E-state index contributed by atoms with van der Waals surface area (Å²) in [6, 6.07) is 0. The summed E-state index contributed by atoms with van der Waals surface area (Å²) in [5, 5.41) is 0. The molecule has 0 saturated carbocycles. The molecule has 0 rings (SSSR count). The van der Waals surface area contributed by atoms with Gasteiger partial charge in [-0.3, -0.25) is 4.39 Å². The first-order valence-corrected chi connectivity index (χ1v) is 1.92. The van der Waals surface area contributed by atoms with Gasteiger partial charge >= 0.3 is 0 Å². The van der Waals surface area contributed by atoms with E-state index in [0.717, 1.165) is 0 Å². The molecule has 0 unspecified atom stereocenters. The van der Waals surface area contributed by atoms with E-state index in [1.807, 2.05) is 0 Å².